The maximum atomic E-state index is 12.3. The van der Waals surface area contributed by atoms with E-state index in [9.17, 15) is 9.90 Å². The fourth-order valence-corrected chi connectivity index (χ4v) is 3.53. The number of halogens is 1. The quantitative estimate of drug-likeness (QED) is 0.357. The molecule has 0 aliphatic carbocycles. The molecule has 31 heavy (non-hydrogen) atoms. The lowest BCUT2D eigenvalue weighted by Crippen LogP contribution is -2.17. The predicted molar refractivity (Wildman–Crippen MR) is 120 cm³/mol. The average Bonchev–Trinajstić information content (AvgIpc) is 3.17. The zero-order valence-electron chi connectivity index (χ0n) is 16.3. The number of hydrogen-bond acceptors (Lipinski definition) is 4. The van der Waals surface area contributed by atoms with Crippen molar-refractivity contribution in [1.29, 1.82) is 5.26 Å². The Hall–Kier alpha value is -4.08. The number of fused-ring (bicyclic) bond motifs is 1. The molecule has 0 spiro atoms. The summed E-state index contributed by atoms with van der Waals surface area (Å²) in [6.07, 6.45) is 3.58. The number of nitriles is 1. The summed E-state index contributed by atoms with van der Waals surface area (Å²) in [7, 11) is 0. The summed E-state index contributed by atoms with van der Waals surface area (Å²) in [5.41, 5.74) is 5.70. The van der Waals surface area contributed by atoms with E-state index < -0.39 is 5.91 Å². The highest BCUT2D eigenvalue weighted by atomic mass is 35.5. The second-order valence-electron chi connectivity index (χ2n) is 6.90. The van der Waals surface area contributed by atoms with Crippen molar-refractivity contribution in [1.82, 2.24) is 9.99 Å². The molecule has 1 heterocycles. The standard InChI is InChI=1S/C24H17ClN4O2/c25-20-5-1-3-16(11-20)15-29-10-9-21-18(4-2-6-22(21)29)14-27-28-24(31)17-7-8-23(30)19(12-17)13-26/h1-12,14,30H,15H2,(H,28,31)/b27-14+. The fraction of sp³-hybridized carbons (Fsp3) is 0.0417. The number of hydrogen-bond donors (Lipinski definition) is 2. The molecule has 0 atom stereocenters. The highest BCUT2D eigenvalue weighted by molar-refractivity contribution is 6.30. The maximum Gasteiger partial charge on any atom is 0.271 e. The molecule has 1 amide bonds. The lowest BCUT2D eigenvalue weighted by atomic mass is 10.1. The Bertz CT molecular complexity index is 1350. The molecule has 4 aromatic rings. The molecule has 0 fully saturated rings. The van der Waals surface area contributed by atoms with Crippen LogP contribution < -0.4 is 5.43 Å². The van der Waals surface area contributed by atoms with Gasteiger partial charge < -0.3 is 9.67 Å². The SMILES string of the molecule is N#Cc1cc(C(=O)N/N=C/c2cccc3c2ccn3Cc2cccc(Cl)c2)ccc1O. The minimum atomic E-state index is -0.474. The molecule has 0 saturated heterocycles. The summed E-state index contributed by atoms with van der Waals surface area (Å²) in [6.45, 7) is 0.684. The second-order valence-corrected chi connectivity index (χ2v) is 7.33. The van der Waals surface area contributed by atoms with Gasteiger partial charge in [-0.15, -0.1) is 0 Å². The van der Waals surface area contributed by atoms with Crippen molar-refractivity contribution in [3.8, 4) is 11.8 Å². The number of carbonyl (C=O) groups is 1. The zero-order valence-corrected chi connectivity index (χ0v) is 17.0. The Morgan fingerprint density at radius 2 is 2.00 bits per heavy atom. The zero-order chi connectivity index (χ0) is 21.8. The van der Waals surface area contributed by atoms with Crippen LogP contribution in [0.2, 0.25) is 5.02 Å². The molecule has 6 nitrogen and oxygen atoms in total. The lowest BCUT2D eigenvalue weighted by Gasteiger charge is -2.07. The van der Waals surface area contributed by atoms with Crippen LogP contribution in [-0.4, -0.2) is 21.8 Å². The molecule has 7 heteroatoms. The number of benzene rings is 3. The van der Waals surface area contributed by atoms with Crippen LogP contribution in [0, 0.1) is 11.3 Å². The number of aromatic nitrogens is 1. The molecule has 0 radical (unpaired) electrons. The van der Waals surface area contributed by atoms with Gasteiger partial charge in [0.2, 0.25) is 0 Å². The largest absolute Gasteiger partial charge is 0.507 e. The molecular formula is C24H17ClN4O2. The average molecular weight is 429 g/mol. The first-order chi connectivity index (χ1) is 15.0. The normalized spacial score (nSPS) is 11.0. The van der Waals surface area contributed by atoms with Gasteiger partial charge in [0.25, 0.3) is 5.91 Å². The smallest absolute Gasteiger partial charge is 0.271 e. The van der Waals surface area contributed by atoms with Gasteiger partial charge in [0.15, 0.2) is 0 Å². The van der Waals surface area contributed by atoms with Crippen molar-refractivity contribution < 1.29 is 9.90 Å². The minimum Gasteiger partial charge on any atom is -0.507 e. The van der Waals surface area contributed by atoms with Crippen LogP contribution in [0.3, 0.4) is 0 Å². The Labute approximate surface area is 183 Å². The number of carbonyl (C=O) groups excluding carboxylic acids is 1. The minimum absolute atomic E-state index is 0.0300. The Morgan fingerprint density at radius 1 is 1.16 bits per heavy atom. The molecule has 0 aliphatic heterocycles. The monoisotopic (exact) mass is 428 g/mol. The number of aromatic hydroxyl groups is 1. The third kappa shape index (κ3) is 4.42. The van der Waals surface area contributed by atoms with Gasteiger partial charge in [0.05, 0.1) is 11.8 Å². The van der Waals surface area contributed by atoms with Crippen molar-refractivity contribution in [3.05, 3.63) is 100 Å². The molecule has 0 unspecified atom stereocenters. The summed E-state index contributed by atoms with van der Waals surface area (Å²) >= 11 is 6.09. The van der Waals surface area contributed by atoms with E-state index in [1.54, 1.807) is 6.21 Å². The summed E-state index contributed by atoms with van der Waals surface area (Å²) in [5.74, 6) is -0.644. The van der Waals surface area contributed by atoms with Gasteiger partial charge in [0.1, 0.15) is 11.8 Å². The van der Waals surface area contributed by atoms with E-state index in [2.05, 4.69) is 15.1 Å². The molecule has 0 bridgehead atoms. The Morgan fingerprint density at radius 3 is 2.81 bits per heavy atom. The van der Waals surface area contributed by atoms with Crippen LogP contribution in [0.25, 0.3) is 10.9 Å². The number of nitrogens with zero attached hydrogens (tertiary/aromatic N) is 3. The molecule has 0 saturated carbocycles. The van der Waals surface area contributed by atoms with Crippen molar-refractivity contribution >= 4 is 34.6 Å². The molecule has 152 valence electrons. The van der Waals surface area contributed by atoms with Crippen LogP contribution in [0.1, 0.15) is 27.0 Å². The van der Waals surface area contributed by atoms with Crippen molar-refractivity contribution in [3.63, 3.8) is 0 Å². The molecule has 0 aliphatic rings. The van der Waals surface area contributed by atoms with E-state index in [0.717, 1.165) is 22.0 Å². The van der Waals surface area contributed by atoms with Gasteiger partial charge in [-0.3, -0.25) is 4.79 Å². The van der Waals surface area contributed by atoms with Crippen molar-refractivity contribution in [2.75, 3.05) is 0 Å². The maximum absolute atomic E-state index is 12.3. The van der Waals surface area contributed by atoms with E-state index in [4.69, 9.17) is 16.9 Å². The first-order valence-corrected chi connectivity index (χ1v) is 9.82. The number of phenols is 1. The van der Waals surface area contributed by atoms with Gasteiger partial charge in [-0.2, -0.15) is 10.4 Å². The van der Waals surface area contributed by atoms with E-state index in [0.29, 0.717) is 11.6 Å². The number of rotatable bonds is 5. The number of phenolic OH excluding ortho intramolecular Hbond substituents is 1. The molecular weight excluding hydrogens is 412 g/mol. The van der Waals surface area contributed by atoms with Crippen LogP contribution in [0.5, 0.6) is 5.75 Å². The Balaban J connectivity index is 1.52. The first-order valence-electron chi connectivity index (χ1n) is 9.44. The van der Waals surface area contributed by atoms with E-state index in [1.165, 1.54) is 18.2 Å². The van der Waals surface area contributed by atoms with Gasteiger partial charge >= 0.3 is 0 Å². The van der Waals surface area contributed by atoms with Gasteiger partial charge in [-0.1, -0.05) is 35.9 Å². The number of hydrazone groups is 1. The summed E-state index contributed by atoms with van der Waals surface area (Å²) in [4.78, 5) is 12.3. The topological polar surface area (TPSA) is 90.4 Å². The van der Waals surface area contributed by atoms with E-state index >= 15 is 0 Å². The molecule has 4 rings (SSSR count). The van der Waals surface area contributed by atoms with Crippen molar-refractivity contribution in [2.45, 2.75) is 6.54 Å². The predicted octanol–water partition coefficient (Wildman–Crippen LogP) is 4.68. The highest BCUT2D eigenvalue weighted by Crippen LogP contribution is 2.21. The number of amides is 1. The summed E-state index contributed by atoms with van der Waals surface area (Å²) in [6, 6.07) is 21.5. The van der Waals surface area contributed by atoms with Crippen LogP contribution in [0.15, 0.2) is 78.0 Å². The third-order valence-electron chi connectivity index (χ3n) is 4.84. The van der Waals surface area contributed by atoms with Crippen LogP contribution >= 0.6 is 11.6 Å². The molecule has 1 aromatic heterocycles. The highest BCUT2D eigenvalue weighted by Gasteiger charge is 2.09. The van der Waals surface area contributed by atoms with Crippen LogP contribution in [0.4, 0.5) is 0 Å². The fourth-order valence-electron chi connectivity index (χ4n) is 3.32. The van der Waals surface area contributed by atoms with E-state index in [1.807, 2.05) is 60.8 Å². The third-order valence-corrected chi connectivity index (χ3v) is 5.07. The molecule has 2 N–H and O–H groups in total. The van der Waals surface area contributed by atoms with E-state index in [-0.39, 0.29) is 16.9 Å². The molecule has 3 aromatic carbocycles. The van der Waals surface area contributed by atoms with Gasteiger partial charge in [0, 0.05) is 39.8 Å². The Kier molecular flexibility index (Phi) is 5.69. The first kappa shape index (κ1) is 20.2. The number of nitrogens with one attached hydrogen (secondary N) is 1. The lowest BCUT2D eigenvalue weighted by molar-refractivity contribution is 0.0955. The summed E-state index contributed by atoms with van der Waals surface area (Å²) in [5, 5.41) is 24.3. The van der Waals surface area contributed by atoms with Crippen molar-refractivity contribution in [2.24, 2.45) is 5.10 Å². The summed E-state index contributed by atoms with van der Waals surface area (Å²) < 4.78 is 2.12. The van der Waals surface area contributed by atoms with Gasteiger partial charge in [-0.25, -0.2) is 5.43 Å². The van der Waals surface area contributed by atoms with Gasteiger partial charge in [-0.05, 0) is 48.0 Å². The van der Waals surface area contributed by atoms with Crippen LogP contribution in [-0.2, 0) is 6.54 Å². The second kappa shape index (κ2) is 8.74.